The SMILES string of the molecule is Cc1cccc2c1N[C@@H](c1csc(-c3ccc(C(F)(F)F)cc3)n1)NC2=O. The number of amides is 1. The number of halogens is 3. The summed E-state index contributed by atoms with van der Waals surface area (Å²) in [7, 11) is 0. The fourth-order valence-corrected chi connectivity index (χ4v) is 3.79. The normalized spacial score (nSPS) is 16.4. The molecule has 2 aromatic carbocycles. The number of benzene rings is 2. The third kappa shape index (κ3) is 3.28. The smallest absolute Gasteiger partial charge is 0.359 e. The van der Waals surface area contributed by atoms with Gasteiger partial charge in [0.2, 0.25) is 0 Å². The molecule has 2 heterocycles. The highest BCUT2D eigenvalue weighted by atomic mass is 32.1. The van der Waals surface area contributed by atoms with Crippen LogP contribution in [0.4, 0.5) is 18.9 Å². The number of nitrogens with zero attached hydrogens (tertiary/aromatic N) is 1. The van der Waals surface area contributed by atoms with Crippen molar-refractivity contribution in [2.75, 3.05) is 5.32 Å². The predicted octanol–water partition coefficient (Wildman–Crippen LogP) is 4.99. The van der Waals surface area contributed by atoms with Crippen LogP contribution in [0.25, 0.3) is 10.6 Å². The largest absolute Gasteiger partial charge is 0.416 e. The number of alkyl halides is 3. The molecular formula is C19H14F3N3OS. The number of thiazole rings is 1. The Balaban J connectivity index is 1.60. The minimum Gasteiger partial charge on any atom is -0.359 e. The van der Waals surface area contributed by atoms with Crippen LogP contribution >= 0.6 is 11.3 Å². The van der Waals surface area contributed by atoms with E-state index in [1.807, 2.05) is 19.1 Å². The van der Waals surface area contributed by atoms with E-state index in [1.54, 1.807) is 11.4 Å². The van der Waals surface area contributed by atoms with Crippen molar-refractivity contribution in [1.29, 1.82) is 0 Å². The predicted molar refractivity (Wildman–Crippen MR) is 97.6 cm³/mol. The van der Waals surface area contributed by atoms with E-state index in [0.29, 0.717) is 21.8 Å². The molecule has 1 atom stereocenters. The molecule has 1 amide bonds. The zero-order valence-electron chi connectivity index (χ0n) is 14.1. The minimum absolute atomic E-state index is 0.193. The van der Waals surface area contributed by atoms with Crippen LogP contribution in [-0.4, -0.2) is 10.9 Å². The molecule has 3 aromatic rings. The second-order valence-corrected chi connectivity index (χ2v) is 7.06. The summed E-state index contributed by atoms with van der Waals surface area (Å²) in [5, 5.41) is 8.50. The van der Waals surface area contributed by atoms with Crippen molar-refractivity contribution in [3.8, 4) is 10.6 Å². The van der Waals surface area contributed by atoms with Crippen molar-refractivity contribution >= 4 is 22.9 Å². The van der Waals surface area contributed by atoms with Crippen molar-refractivity contribution in [3.63, 3.8) is 0 Å². The number of rotatable bonds is 2. The highest BCUT2D eigenvalue weighted by Gasteiger charge is 2.30. The Morgan fingerprint density at radius 1 is 1.07 bits per heavy atom. The fourth-order valence-electron chi connectivity index (χ4n) is 2.94. The summed E-state index contributed by atoms with van der Waals surface area (Å²) in [6.45, 7) is 1.91. The number of hydrogen-bond acceptors (Lipinski definition) is 4. The van der Waals surface area contributed by atoms with Gasteiger partial charge in [-0.1, -0.05) is 24.3 Å². The summed E-state index contributed by atoms with van der Waals surface area (Å²) < 4.78 is 38.1. The number of carbonyl (C=O) groups excluding carboxylic acids is 1. The van der Waals surface area contributed by atoms with Crippen molar-refractivity contribution in [2.24, 2.45) is 0 Å². The van der Waals surface area contributed by atoms with Gasteiger partial charge in [-0.25, -0.2) is 4.98 Å². The Kier molecular flexibility index (Phi) is 4.15. The Labute approximate surface area is 157 Å². The van der Waals surface area contributed by atoms with Crippen LogP contribution in [0.3, 0.4) is 0 Å². The van der Waals surface area contributed by atoms with Crippen molar-refractivity contribution in [2.45, 2.75) is 19.3 Å². The fraction of sp³-hybridized carbons (Fsp3) is 0.158. The van der Waals surface area contributed by atoms with E-state index in [0.717, 1.165) is 23.4 Å². The van der Waals surface area contributed by atoms with Crippen LogP contribution in [-0.2, 0) is 6.18 Å². The van der Waals surface area contributed by atoms with Gasteiger partial charge >= 0.3 is 6.18 Å². The molecular weight excluding hydrogens is 375 g/mol. The van der Waals surface area contributed by atoms with Gasteiger partial charge in [0.15, 0.2) is 0 Å². The summed E-state index contributed by atoms with van der Waals surface area (Å²) in [4.78, 5) is 16.8. The molecule has 4 rings (SSSR count). The maximum Gasteiger partial charge on any atom is 0.416 e. The number of aryl methyl sites for hydroxylation is 1. The Morgan fingerprint density at radius 3 is 2.52 bits per heavy atom. The standard InChI is InChI=1S/C19H14F3N3OS/c1-10-3-2-4-13-15(10)24-16(25-17(13)26)14-9-27-18(23-14)11-5-7-12(8-6-11)19(20,21)22/h2-9,16,24H,1H3,(H,25,26)/t16-/m1/s1. The lowest BCUT2D eigenvalue weighted by molar-refractivity contribution is -0.137. The summed E-state index contributed by atoms with van der Waals surface area (Å²) in [5.74, 6) is -0.193. The first kappa shape index (κ1) is 17.5. The molecule has 1 aliphatic rings. The van der Waals surface area contributed by atoms with E-state index in [1.165, 1.54) is 23.5 Å². The van der Waals surface area contributed by atoms with Crippen molar-refractivity contribution in [1.82, 2.24) is 10.3 Å². The van der Waals surface area contributed by atoms with Gasteiger partial charge in [-0.2, -0.15) is 13.2 Å². The third-order valence-corrected chi connectivity index (χ3v) is 5.27. The molecule has 0 saturated carbocycles. The number of fused-ring (bicyclic) bond motifs is 1. The van der Waals surface area contributed by atoms with Crippen LogP contribution in [0.1, 0.15) is 33.3 Å². The average Bonchev–Trinajstić information content (AvgIpc) is 3.12. The monoisotopic (exact) mass is 389 g/mol. The third-order valence-electron chi connectivity index (χ3n) is 4.36. The molecule has 27 heavy (non-hydrogen) atoms. The Hall–Kier alpha value is -2.87. The number of nitrogens with one attached hydrogen (secondary N) is 2. The van der Waals surface area contributed by atoms with E-state index in [2.05, 4.69) is 15.6 Å². The zero-order chi connectivity index (χ0) is 19.2. The van der Waals surface area contributed by atoms with Crippen LogP contribution in [0.2, 0.25) is 0 Å². The average molecular weight is 389 g/mol. The molecule has 0 unspecified atom stereocenters. The molecule has 0 spiro atoms. The zero-order valence-corrected chi connectivity index (χ0v) is 14.9. The van der Waals surface area contributed by atoms with Crippen molar-refractivity contribution < 1.29 is 18.0 Å². The quantitative estimate of drug-likeness (QED) is 0.649. The van der Waals surface area contributed by atoms with E-state index in [9.17, 15) is 18.0 Å². The lowest BCUT2D eigenvalue weighted by atomic mass is 10.0. The van der Waals surface area contributed by atoms with Gasteiger partial charge < -0.3 is 10.6 Å². The molecule has 138 valence electrons. The van der Waals surface area contributed by atoms with Gasteiger partial charge in [0.05, 0.1) is 22.5 Å². The molecule has 1 aliphatic heterocycles. The lowest BCUT2D eigenvalue weighted by Gasteiger charge is -2.27. The summed E-state index contributed by atoms with van der Waals surface area (Å²) in [5.41, 5.74) is 2.79. The van der Waals surface area contributed by atoms with Gasteiger partial charge in [-0.05, 0) is 30.7 Å². The van der Waals surface area contributed by atoms with Crippen molar-refractivity contribution in [3.05, 3.63) is 70.2 Å². The Bertz CT molecular complexity index is 1010. The molecule has 0 bridgehead atoms. The maximum absolute atomic E-state index is 12.7. The van der Waals surface area contributed by atoms with Crippen LogP contribution in [0.5, 0.6) is 0 Å². The van der Waals surface area contributed by atoms with Crippen LogP contribution in [0.15, 0.2) is 47.8 Å². The van der Waals surface area contributed by atoms with Gasteiger partial charge in [0, 0.05) is 10.9 Å². The number of para-hydroxylation sites is 1. The number of carbonyl (C=O) groups is 1. The van der Waals surface area contributed by atoms with E-state index < -0.39 is 17.9 Å². The minimum atomic E-state index is -4.37. The molecule has 1 aromatic heterocycles. The lowest BCUT2D eigenvalue weighted by Crippen LogP contribution is -2.38. The number of aromatic nitrogens is 1. The van der Waals surface area contributed by atoms with E-state index in [4.69, 9.17) is 0 Å². The Morgan fingerprint density at radius 2 is 1.81 bits per heavy atom. The highest BCUT2D eigenvalue weighted by Crippen LogP contribution is 2.34. The first-order valence-corrected chi connectivity index (χ1v) is 9.01. The van der Waals surface area contributed by atoms with Gasteiger partial charge in [0.25, 0.3) is 5.91 Å². The van der Waals surface area contributed by atoms with Gasteiger partial charge in [-0.15, -0.1) is 11.3 Å². The molecule has 2 N–H and O–H groups in total. The van der Waals surface area contributed by atoms with Crippen LogP contribution < -0.4 is 10.6 Å². The van der Waals surface area contributed by atoms with E-state index >= 15 is 0 Å². The van der Waals surface area contributed by atoms with E-state index in [-0.39, 0.29) is 5.91 Å². The second kappa shape index (κ2) is 6.38. The summed E-state index contributed by atoms with van der Waals surface area (Å²) in [6.07, 6.45) is -4.86. The maximum atomic E-state index is 12.7. The molecule has 4 nitrogen and oxygen atoms in total. The first-order valence-electron chi connectivity index (χ1n) is 8.13. The highest BCUT2D eigenvalue weighted by molar-refractivity contribution is 7.13. The molecule has 8 heteroatoms. The summed E-state index contributed by atoms with van der Waals surface area (Å²) in [6, 6.07) is 10.4. The topological polar surface area (TPSA) is 54.0 Å². The molecule has 0 saturated heterocycles. The second-order valence-electron chi connectivity index (χ2n) is 6.20. The van der Waals surface area contributed by atoms with Crippen LogP contribution in [0, 0.1) is 6.92 Å². The molecule has 0 radical (unpaired) electrons. The molecule has 0 fully saturated rings. The summed E-state index contributed by atoms with van der Waals surface area (Å²) >= 11 is 1.31. The number of hydrogen-bond donors (Lipinski definition) is 2. The van der Waals surface area contributed by atoms with Gasteiger partial charge in [0.1, 0.15) is 11.2 Å². The molecule has 0 aliphatic carbocycles. The van der Waals surface area contributed by atoms with Gasteiger partial charge in [-0.3, -0.25) is 4.79 Å². The first-order chi connectivity index (χ1) is 12.8. The number of anilines is 1.